The summed E-state index contributed by atoms with van der Waals surface area (Å²) >= 11 is 9.08. The summed E-state index contributed by atoms with van der Waals surface area (Å²) < 4.78 is 0.970. The second-order valence-corrected chi connectivity index (χ2v) is 5.53. The molecule has 2 heterocycles. The van der Waals surface area contributed by atoms with Gasteiger partial charge in [-0.1, -0.05) is 0 Å². The number of carbonyl (C=O) groups excluding carboxylic acids is 1. The second-order valence-electron chi connectivity index (χ2n) is 3.96. The number of hydrogen-bond acceptors (Lipinski definition) is 2. The van der Waals surface area contributed by atoms with E-state index in [-0.39, 0.29) is 5.91 Å². The highest BCUT2D eigenvalue weighted by Crippen LogP contribution is 2.27. The molecule has 0 aromatic carbocycles. The number of nitrogens with zero attached hydrogens (tertiary/aromatic N) is 2. The van der Waals surface area contributed by atoms with Gasteiger partial charge in [0.25, 0.3) is 0 Å². The van der Waals surface area contributed by atoms with Crippen molar-refractivity contribution in [1.82, 2.24) is 9.88 Å². The fourth-order valence-corrected chi connectivity index (χ4v) is 2.10. The minimum Gasteiger partial charge on any atom is -0.340 e. The van der Waals surface area contributed by atoms with Crippen LogP contribution >= 0.6 is 27.5 Å². The molecule has 16 heavy (non-hydrogen) atoms. The van der Waals surface area contributed by atoms with Gasteiger partial charge in [-0.2, -0.15) is 0 Å². The van der Waals surface area contributed by atoms with Gasteiger partial charge in [0.1, 0.15) is 5.38 Å². The molecular formula is C11H12BrClN2O. The van der Waals surface area contributed by atoms with Gasteiger partial charge in [-0.3, -0.25) is 9.78 Å². The van der Waals surface area contributed by atoms with Gasteiger partial charge in [0.2, 0.25) is 5.91 Å². The van der Waals surface area contributed by atoms with Crippen molar-refractivity contribution in [2.75, 3.05) is 13.1 Å². The van der Waals surface area contributed by atoms with Crippen molar-refractivity contribution in [3.8, 4) is 0 Å². The Labute approximate surface area is 108 Å². The van der Waals surface area contributed by atoms with Crippen LogP contribution in [0.3, 0.4) is 0 Å². The van der Waals surface area contributed by atoms with E-state index in [4.69, 9.17) is 11.6 Å². The Bertz CT molecular complexity index is 387. The maximum Gasteiger partial charge on any atom is 0.240 e. The lowest BCUT2D eigenvalue weighted by Gasteiger charge is -2.39. The first-order chi connectivity index (χ1) is 7.58. The number of likely N-dealkylation sites (tertiary alicyclic amines) is 1. The highest BCUT2D eigenvalue weighted by atomic mass is 79.9. The Morgan fingerprint density at radius 3 is 2.81 bits per heavy atom. The quantitative estimate of drug-likeness (QED) is 0.786. The number of hydrogen-bond donors (Lipinski definition) is 0. The van der Waals surface area contributed by atoms with Crippen molar-refractivity contribution in [3.05, 3.63) is 28.5 Å². The standard InChI is InChI=1S/C11H12BrClN2O/c1-7(13)11(16)15-5-8(6-15)10-3-2-9(12)4-14-10/h2-4,7-8H,5-6H2,1H3. The highest BCUT2D eigenvalue weighted by molar-refractivity contribution is 9.10. The average Bonchev–Trinajstić information content (AvgIpc) is 2.18. The molecule has 0 spiro atoms. The molecule has 1 saturated heterocycles. The van der Waals surface area contributed by atoms with E-state index in [1.165, 1.54) is 0 Å². The summed E-state index contributed by atoms with van der Waals surface area (Å²) in [5.74, 6) is 0.363. The molecule has 1 unspecified atom stereocenters. The molecule has 0 bridgehead atoms. The number of pyridine rings is 1. The molecule has 5 heteroatoms. The molecule has 1 aliphatic rings. The number of alkyl halides is 1. The van der Waals surface area contributed by atoms with Gasteiger partial charge < -0.3 is 4.90 Å². The fraction of sp³-hybridized carbons (Fsp3) is 0.455. The van der Waals surface area contributed by atoms with E-state index in [1.54, 1.807) is 18.0 Å². The summed E-state index contributed by atoms with van der Waals surface area (Å²) in [6.07, 6.45) is 1.78. The van der Waals surface area contributed by atoms with Crippen molar-refractivity contribution < 1.29 is 4.79 Å². The number of carbonyl (C=O) groups is 1. The number of rotatable bonds is 2. The molecule has 0 N–H and O–H groups in total. The number of aromatic nitrogens is 1. The molecule has 1 amide bonds. The van der Waals surface area contributed by atoms with E-state index in [0.29, 0.717) is 5.92 Å². The second kappa shape index (κ2) is 4.72. The first-order valence-electron chi connectivity index (χ1n) is 5.12. The minimum atomic E-state index is -0.432. The monoisotopic (exact) mass is 302 g/mol. The molecule has 1 aliphatic heterocycles. The van der Waals surface area contributed by atoms with Crippen LogP contribution < -0.4 is 0 Å². The van der Waals surface area contributed by atoms with Gasteiger partial charge in [-0.25, -0.2) is 0 Å². The first kappa shape index (κ1) is 11.9. The van der Waals surface area contributed by atoms with E-state index in [0.717, 1.165) is 23.3 Å². The summed E-state index contributed by atoms with van der Waals surface area (Å²) in [6.45, 7) is 3.16. The lowest BCUT2D eigenvalue weighted by atomic mass is 9.95. The molecule has 3 nitrogen and oxygen atoms in total. The maximum atomic E-state index is 11.5. The Morgan fingerprint density at radius 2 is 2.31 bits per heavy atom. The van der Waals surface area contributed by atoms with Crippen molar-refractivity contribution in [2.24, 2.45) is 0 Å². The molecule has 0 radical (unpaired) electrons. The molecule has 1 aromatic heterocycles. The third-order valence-corrected chi connectivity index (χ3v) is 3.36. The lowest BCUT2D eigenvalue weighted by molar-refractivity contribution is -0.134. The predicted molar refractivity (Wildman–Crippen MR) is 66.6 cm³/mol. The number of amides is 1. The topological polar surface area (TPSA) is 33.2 Å². The molecule has 0 saturated carbocycles. The van der Waals surface area contributed by atoms with Gasteiger partial charge in [0.15, 0.2) is 0 Å². The van der Waals surface area contributed by atoms with Crippen molar-refractivity contribution >= 4 is 33.4 Å². The zero-order chi connectivity index (χ0) is 11.7. The van der Waals surface area contributed by atoms with Crippen LogP contribution in [0.1, 0.15) is 18.5 Å². The third-order valence-electron chi connectivity index (χ3n) is 2.70. The van der Waals surface area contributed by atoms with E-state index in [2.05, 4.69) is 20.9 Å². The van der Waals surface area contributed by atoms with Crippen LogP contribution in [-0.4, -0.2) is 34.3 Å². The average molecular weight is 304 g/mol. The molecule has 1 fully saturated rings. The van der Waals surface area contributed by atoms with Crippen molar-refractivity contribution in [2.45, 2.75) is 18.2 Å². The molecule has 0 aliphatic carbocycles. The van der Waals surface area contributed by atoms with Crippen LogP contribution in [0.15, 0.2) is 22.8 Å². The van der Waals surface area contributed by atoms with Crippen LogP contribution in [0.25, 0.3) is 0 Å². The van der Waals surface area contributed by atoms with Crippen LogP contribution in [0.4, 0.5) is 0 Å². The third kappa shape index (κ3) is 2.38. The van der Waals surface area contributed by atoms with E-state index in [9.17, 15) is 4.79 Å². The zero-order valence-electron chi connectivity index (χ0n) is 8.86. The zero-order valence-corrected chi connectivity index (χ0v) is 11.2. The Hall–Kier alpha value is -0.610. The van der Waals surface area contributed by atoms with Crippen molar-refractivity contribution in [3.63, 3.8) is 0 Å². The van der Waals surface area contributed by atoms with Gasteiger partial charge in [-0.15, -0.1) is 11.6 Å². The van der Waals surface area contributed by atoms with Gasteiger partial charge in [0.05, 0.1) is 0 Å². The number of halogens is 2. The van der Waals surface area contributed by atoms with Crippen LogP contribution in [0, 0.1) is 0 Å². The highest BCUT2D eigenvalue weighted by Gasteiger charge is 2.33. The molecule has 1 aromatic rings. The Kier molecular flexibility index (Phi) is 3.50. The maximum absolute atomic E-state index is 11.5. The molecular weight excluding hydrogens is 291 g/mol. The lowest BCUT2D eigenvalue weighted by Crippen LogP contribution is -2.50. The molecule has 2 rings (SSSR count). The SMILES string of the molecule is CC(Cl)C(=O)N1CC(c2ccc(Br)cn2)C1. The fourth-order valence-electron chi connectivity index (χ4n) is 1.73. The van der Waals surface area contributed by atoms with Crippen LogP contribution in [-0.2, 0) is 4.79 Å². The van der Waals surface area contributed by atoms with E-state index < -0.39 is 5.38 Å². The van der Waals surface area contributed by atoms with Gasteiger partial charge in [0, 0.05) is 35.4 Å². The molecule has 1 atom stereocenters. The van der Waals surface area contributed by atoms with Crippen molar-refractivity contribution in [1.29, 1.82) is 0 Å². The molecule has 86 valence electrons. The summed E-state index contributed by atoms with van der Waals surface area (Å²) in [7, 11) is 0. The summed E-state index contributed by atoms with van der Waals surface area (Å²) in [5.41, 5.74) is 1.04. The smallest absolute Gasteiger partial charge is 0.240 e. The van der Waals surface area contributed by atoms with Crippen LogP contribution in [0.5, 0.6) is 0 Å². The minimum absolute atomic E-state index is 0.00929. The summed E-state index contributed by atoms with van der Waals surface area (Å²) in [4.78, 5) is 17.6. The Morgan fingerprint density at radius 1 is 1.62 bits per heavy atom. The Balaban J connectivity index is 1.93. The first-order valence-corrected chi connectivity index (χ1v) is 6.35. The summed E-state index contributed by atoms with van der Waals surface area (Å²) in [6, 6.07) is 3.96. The van der Waals surface area contributed by atoms with E-state index in [1.807, 2.05) is 12.1 Å². The normalized spacial score (nSPS) is 18.1. The van der Waals surface area contributed by atoms with Gasteiger partial charge in [-0.05, 0) is 35.0 Å². The predicted octanol–water partition coefficient (Wildman–Crippen LogP) is 2.40. The summed E-state index contributed by atoms with van der Waals surface area (Å²) in [5, 5.41) is -0.432. The largest absolute Gasteiger partial charge is 0.340 e. The van der Waals surface area contributed by atoms with Crippen LogP contribution in [0.2, 0.25) is 0 Å². The van der Waals surface area contributed by atoms with Gasteiger partial charge >= 0.3 is 0 Å². The van der Waals surface area contributed by atoms with E-state index >= 15 is 0 Å².